The quantitative estimate of drug-likeness (QED) is 0.885. The van der Waals surface area contributed by atoms with Crippen molar-refractivity contribution in [3.05, 3.63) is 52.4 Å². The van der Waals surface area contributed by atoms with Gasteiger partial charge < -0.3 is 10.3 Å². The molecule has 0 fully saturated rings. The molecule has 5 nitrogen and oxygen atoms in total. The molecule has 1 heterocycles. The number of H-pyrrole nitrogens is 1. The fraction of sp³-hybridized carbons (Fsp3) is 0.312. The summed E-state index contributed by atoms with van der Waals surface area (Å²) in [5, 5.41) is 2.80. The number of benzene rings is 1. The van der Waals surface area contributed by atoms with E-state index >= 15 is 0 Å². The monoisotopic (exact) mass is 285 g/mol. The van der Waals surface area contributed by atoms with Gasteiger partial charge in [0.15, 0.2) is 0 Å². The molecule has 0 aliphatic rings. The number of aromatic amines is 1. The number of hydrogen-bond donors (Lipinski definition) is 2. The molecule has 0 unspecified atom stereocenters. The van der Waals surface area contributed by atoms with Crippen molar-refractivity contribution >= 4 is 5.91 Å². The van der Waals surface area contributed by atoms with Gasteiger partial charge in [0, 0.05) is 17.8 Å². The van der Waals surface area contributed by atoms with Crippen molar-refractivity contribution in [1.29, 1.82) is 0 Å². The molecule has 2 aromatic rings. The molecule has 1 amide bonds. The Morgan fingerprint density at radius 3 is 2.67 bits per heavy atom. The number of aromatic nitrogens is 2. The largest absolute Gasteiger partial charge is 0.349 e. The highest BCUT2D eigenvalue weighted by molar-refractivity contribution is 5.93. The first kappa shape index (κ1) is 15.0. The Morgan fingerprint density at radius 1 is 1.33 bits per heavy atom. The van der Waals surface area contributed by atoms with Crippen LogP contribution in [0.4, 0.5) is 0 Å². The Bertz CT molecular complexity index is 665. The molecule has 2 N–H and O–H groups in total. The van der Waals surface area contributed by atoms with Crippen LogP contribution in [-0.4, -0.2) is 21.9 Å². The second-order valence-corrected chi connectivity index (χ2v) is 5.00. The summed E-state index contributed by atoms with van der Waals surface area (Å²) < 4.78 is 0. The highest BCUT2D eigenvalue weighted by Gasteiger charge is 2.14. The Hall–Kier alpha value is -2.43. The lowest BCUT2D eigenvalue weighted by Crippen LogP contribution is -2.36. The van der Waals surface area contributed by atoms with Gasteiger partial charge in [-0.3, -0.25) is 9.59 Å². The van der Waals surface area contributed by atoms with Crippen molar-refractivity contribution < 1.29 is 4.79 Å². The van der Waals surface area contributed by atoms with Gasteiger partial charge in [0.2, 0.25) is 0 Å². The van der Waals surface area contributed by atoms with Crippen LogP contribution in [0.15, 0.2) is 41.3 Å². The zero-order valence-electron chi connectivity index (χ0n) is 12.2. The lowest BCUT2D eigenvalue weighted by atomic mass is 10.2. The fourth-order valence-corrected chi connectivity index (χ4v) is 2.11. The van der Waals surface area contributed by atoms with Gasteiger partial charge in [-0.05, 0) is 13.3 Å². The van der Waals surface area contributed by atoms with Crippen LogP contribution in [0.25, 0.3) is 11.4 Å². The first-order valence-electron chi connectivity index (χ1n) is 7.07. The molecule has 0 aliphatic carbocycles. The van der Waals surface area contributed by atoms with Crippen molar-refractivity contribution in [3.63, 3.8) is 0 Å². The van der Waals surface area contributed by atoms with Crippen LogP contribution in [0.2, 0.25) is 0 Å². The minimum Gasteiger partial charge on any atom is -0.349 e. The molecule has 0 bridgehead atoms. The minimum absolute atomic E-state index is 0.0377. The predicted molar refractivity (Wildman–Crippen MR) is 82.1 cm³/mol. The van der Waals surface area contributed by atoms with E-state index in [1.165, 1.54) is 6.20 Å². The highest BCUT2D eigenvalue weighted by Crippen LogP contribution is 2.11. The van der Waals surface area contributed by atoms with Crippen molar-refractivity contribution in [2.75, 3.05) is 0 Å². The van der Waals surface area contributed by atoms with E-state index in [0.29, 0.717) is 5.82 Å². The van der Waals surface area contributed by atoms with Gasteiger partial charge in [0.1, 0.15) is 11.4 Å². The van der Waals surface area contributed by atoms with Gasteiger partial charge in [-0.1, -0.05) is 43.7 Å². The molecule has 21 heavy (non-hydrogen) atoms. The first-order chi connectivity index (χ1) is 10.1. The van der Waals surface area contributed by atoms with E-state index in [0.717, 1.165) is 18.4 Å². The average Bonchev–Trinajstić information content (AvgIpc) is 2.48. The third kappa shape index (κ3) is 3.78. The zero-order chi connectivity index (χ0) is 15.2. The summed E-state index contributed by atoms with van der Waals surface area (Å²) in [6, 6.07) is 9.35. The average molecular weight is 285 g/mol. The lowest BCUT2D eigenvalue weighted by molar-refractivity contribution is 0.0936. The molecule has 1 atom stereocenters. The molecule has 110 valence electrons. The van der Waals surface area contributed by atoms with Crippen LogP contribution < -0.4 is 10.9 Å². The third-order valence-electron chi connectivity index (χ3n) is 3.19. The van der Waals surface area contributed by atoms with Gasteiger partial charge in [0.25, 0.3) is 11.5 Å². The van der Waals surface area contributed by atoms with E-state index in [1.807, 2.05) is 44.2 Å². The van der Waals surface area contributed by atoms with E-state index in [-0.39, 0.29) is 17.5 Å². The van der Waals surface area contributed by atoms with Crippen LogP contribution in [0, 0.1) is 0 Å². The van der Waals surface area contributed by atoms with Crippen LogP contribution in [0.3, 0.4) is 0 Å². The van der Waals surface area contributed by atoms with Gasteiger partial charge in [0.05, 0.1) is 0 Å². The second kappa shape index (κ2) is 6.83. The molecule has 0 saturated carbocycles. The maximum absolute atomic E-state index is 12.0. The Balaban J connectivity index is 2.20. The summed E-state index contributed by atoms with van der Waals surface area (Å²) in [5.41, 5.74) is 0.420. The summed E-state index contributed by atoms with van der Waals surface area (Å²) in [5.74, 6) is 0.0723. The molecular weight excluding hydrogens is 266 g/mol. The van der Waals surface area contributed by atoms with E-state index in [9.17, 15) is 9.59 Å². The van der Waals surface area contributed by atoms with Gasteiger partial charge in [-0.15, -0.1) is 0 Å². The van der Waals surface area contributed by atoms with Crippen molar-refractivity contribution in [1.82, 2.24) is 15.3 Å². The number of carbonyl (C=O) groups excluding carboxylic acids is 1. The van der Waals surface area contributed by atoms with Gasteiger partial charge in [-0.2, -0.15) is 0 Å². The Labute approximate surface area is 123 Å². The number of carbonyl (C=O) groups is 1. The summed E-state index contributed by atoms with van der Waals surface area (Å²) >= 11 is 0. The number of hydrogen-bond acceptors (Lipinski definition) is 3. The van der Waals surface area contributed by atoms with Crippen LogP contribution in [0.5, 0.6) is 0 Å². The Kier molecular flexibility index (Phi) is 4.87. The van der Waals surface area contributed by atoms with Crippen LogP contribution >= 0.6 is 0 Å². The predicted octanol–water partition coefficient (Wildman–Crippen LogP) is 2.36. The van der Waals surface area contributed by atoms with Crippen molar-refractivity contribution in [2.45, 2.75) is 32.7 Å². The molecule has 2 rings (SSSR count). The normalized spacial score (nSPS) is 11.9. The fourth-order valence-electron chi connectivity index (χ4n) is 2.11. The molecule has 0 aliphatic heterocycles. The number of amides is 1. The molecule has 0 spiro atoms. The molecule has 0 saturated heterocycles. The topological polar surface area (TPSA) is 74.8 Å². The van der Waals surface area contributed by atoms with E-state index < -0.39 is 5.56 Å². The highest BCUT2D eigenvalue weighted by atomic mass is 16.2. The molecule has 0 radical (unpaired) electrons. The van der Waals surface area contributed by atoms with Gasteiger partial charge in [-0.25, -0.2) is 4.98 Å². The molecule has 1 aromatic carbocycles. The lowest BCUT2D eigenvalue weighted by Gasteiger charge is -2.12. The van der Waals surface area contributed by atoms with Crippen LogP contribution in [0.1, 0.15) is 37.0 Å². The van der Waals surface area contributed by atoms with E-state index in [1.54, 1.807) is 0 Å². The third-order valence-corrected chi connectivity index (χ3v) is 3.19. The summed E-state index contributed by atoms with van der Waals surface area (Å²) in [6.45, 7) is 3.97. The summed E-state index contributed by atoms with van der Waals surface area (Å²) in [7, 11) is 0. The SMILES string of the molecule is CCC[C@@H](C)NC(=O)c1cnc(-c2ccccc2)[nH]c1=O. The van der Waals surface area contributed by atoms with Crippen molar-refractivity contribution in [3.8, 4) is 11.4 Å². The standard InChI is InChI=1S/C16H19N3O2/c1-3-7-11(2)18-15(20)13-10-17-14(19-16(13)21)12-8-5-4-6-9-12/h4-6,8-11H,3,7H2,1-2H3,(H,18,20)(H,17,19,21)/t11-/m1/s1. The second-order valence-electron chi connectivity index (χ2n) is 5.00. The maximum Gasteiger partial charge on any atom is 0.264 e. The number of nitrogens with zero attached hydrogens (tertiary/aromatic N) is 1. The number of rotatable bonds is 5. The molecule has 5 heteroatoms. The Morgan fingerprint density at radius 2 is 2.05 bits per heavy atom. The first-order valence-corrected chi connectivity index (χ1v) is 7.07. The smallest absolute Gasteiger partial charge is 0.264 e. The zero-order valence-corrected chi connectivity index (χ0v) is 12.2. The summed E-state index contributed by atoms with van der Waals surface area (Å²) in [6.07, 6.45) is 3.18. The van der Waals surface area contributed by atoms with Crippen LogP contribution in [-0.2, 0) is 0 Å². The molecular formula is C16H19N3O2. The maximum atomic E-state index is 12.0. The molecule has 1 aromatic heterocycles. The minimum atomic E-state index is -0.426. The summed E-state index contributed by atoms with van der Waals surface area (Å²) in [4.78, 5) is 30.9. The number of nitrogens with one attached hydrogen (secondary N) is 2. The van der Waals surface area contributed by atoms with E-state index in [2.05, 4.69) is 15.3 Å². The van der Waals surface area contributed by atoms with Crippen molar-refractivity contribution in [2.24, 2.45) is 0 Å². The van der Waals surface area contributed by atoms with E-state index in [4.69, 9.17) is 0 Å². The van der Waals surface area contributed by atoms with Gasteiger partial charge >= 0.3 is 0 Å².